The molecule has 1 aliphatic rings. The van der Waals surface area contributed by atoms with Gasteiger partial charge in [-0.3, -0.25) is 4.79 Å². The van der Waals surface area contributed by atoms with E-state index in [0.29, 0.717) is 12.2 Å². The molecule has 1 atom stereocenters. The van der Waals surface area contributed by atoms with Crippen molar-refractivity contribution < 1.29 is 9.21 Å². The Morgan fingerprint density at radius 1 is 1.33 bits per heavy atom. The third kappa shape index (κ3) is 2.57. The van der Waals surface area contributed by atoms with Crippen molar-refractivity contribution in [3.8, 4) is 11.1 Å². The molecule has 2 aromatic rings. The van der Waals surface area contributed by atoms with Gasteiger partial charge >= 0.3 is 0 Å². The average Bonchev–Trinajstić information content (AvgIpc) is 2.94. The molecule has 0 saturated carbocycles. The van der Waals surface area contributed by atoms with Crippen LogP contribution in [0.5, 0.6) is 0 Å². The van der Waals surface area contributed by atoms with Crippen molar-refractivity contribution in [2.75, 3.05) is 7.05 Å². The van der Waals surface area contributed by atoms with E-state index >= 15 is 0 Å². The summed E-state index contributed by atoms with van der Waals surface area (Å²) < 4.78 is 5.66. The Kier molecular flexibility index (Phi) is 3.29. The second-order valence-corrected chi connectivity index (χ2v) is 5.41. The molecule has 1 amide bonds. The molecule has 1 aliphatic heterocycles. The van der Waals surface area contributed by atoms with Gasteiger partial charge in [-0.05, 0) is 18.6 Å². The maximum absolute atomic E-state index is 11.9. The summed E-state index contributed by atoms with van der Waals surface area (Å²) in [6.07, 6.45) is 2.10. The largest absolute Gasteiger partial charge is 0.466 e. The number of benzene rings is 1. The Bertz CT molecular complexity index is 684. The summed E-state index contributed by atoms with van der Waals surface area (Å²) in [6, 6.07) is 10.1. The van der Waals surface area contributed by atoms with E-state index in [9.17, 15) is 4.79 Å². The molecule has 1 fully saturated rings. The predicted molar refractivity (Wildman–Crippen MR) is 81.3 cm³/mol. The molecule has 0 unspecified atom stereocenters. The van der Waals surface area contributed by atoms with E-state index in [1.807, 2.05) is 18.2 Å². The summed E-state index contributed by atoms with van der Waals surface area (Å²) in [5, 5.41) is 3.21. The van der Waals surface area contributed by atoms with Crippen molar-refractivity contribution in [3.63, 3.8) is 0 Å². The van der Waals surface area contributed by atoms with E-state index in [1.165, 1.54) is 10.5 Å². The topological polar surface area (TPSA) is 45.5 Å². The first-order valence-corrected chi connectivity index (χ1v) is 6.92. The molecule has 0 spiro atoms. The van der Waals surface area contributed by atoms with Crippen molar-refractivity contribution in [1.29, 1.82) is 0 Å². The lowest BCUT2D eigenvalue weighted by Crippen LogP contribution is -2.42. The van der Waals surface area contributed by atoms with E-state index in [-0.39, 0.29) is 11.9 Å². The normalized spacial score (nSPS) is 18.8. The molecule has 4 nitrogen and oxygen atoms in total. The molecule has 108 valence electrons. The lowest BCUT2D eigenvalue weighted by atomic mass is 10.0. The van der Waals surface area contributed by atoms with E-state index in [1.54, 1.807) is 13.3 Å². The Morgan fingerprint density at radius 3 is 2.86 bits per heavy atom. The smallest absolute Gasteiger partial charge is 0.230 e. The van der Waals surface area contributed by atoms with E-state index in [0.717, 1.165) is 16.9 Å². The molecule has 1 N–H and O–H groups in total. The standard InChI is InChI=1S/C17H18N2O2/c1-11-5-4-6-13(7-11)14-8-16(21-10-14)15-9-17(20)19(3)12(2)18-15/h4-8,10,15,18H,2,9H2,1,3H3/t15-/m0/s1. The van der Waals surface area contributed by atoms with Gasteiger partial charge in [0.25, 0.3) is 0 Å². The van der Waals surface area contributed by atoms with E-state index in [2.05, 4.69) is 31.0 Å². The van der Waals surface area contributed by atoms with Crippen LogP contribution in [0.15, 0.2) is 53.4 Å². The third-order valence-electron chi connectivity index (χ3n) is 3.81. The van der Waals surface area contributed by atoms with Crippen LogP contribution < -0.4 is 5.32 Å². The monoisotopic (exact) mass is 282 g/mol. The van der Waals surface area contributed by atoms with Crippen molar-refractivity contribution in [1.82, 2.24) is 10.2 Å². The van der Waals surface area contributed by atoms with Gasteiger partial charge in [-0.15, -0.1) is 0 Å². The fourth-order valence-electron chi connectivity index (χ4n) is 2.49. The number of nitrogens with one attached hydrogen (secondary N) is 1. The molecule has 1 aromatic carbocycles. The third-order valence-corrected chi connectivity index (χ3v) is 3.81. The minimum atomic E-state index is -0.153. The second-order valence-electron chi connectivity index (χ2n) is 5.41. The van der Waals surface area contributed by atoms with Crippen LogP contribution in [0.4, 0.5) is 0 Å². The SMILES string of the molecule is C=C1N[C@H](c2cc(-c3cccc(C)c3)co2)CC(=O)N1C. The number of rotatable bonds is 2. The van der Waals surface area contributed by atoms with Crippen LogP contribution >= 0.6 is 0 Å². The Balaban J connectivity index is 1.85. The van der Waals surface area contributed by atoms with Crippen molar-refractivity contribution in [3.05, 3.63) is 60.3 Å². The predicted octanol–water partition coefficient (Wildman–Crippen LogP) is 3.22. The zero-order chi connectivity index (χ0) is 15.0. The number of furan rings is 1. The van der Waals surface area contributed by atoms with Gasteiger partial charge in [0, 0.05) is 12.6 Å². The van der Waals surface area contributed by atoms with Crippen LogP contribution in [0, 0.1) is 6.92 Å². The summed E-state index contributed by atoms with van der Waals surface area (Å²) in [5.74, 6) is 1.40. The number of amides is 1. The lowest BCUT2D eigenvalue weighted by Gasteiger charge is -2.31. The molecule has 1 aromatic heterocycles. The van der Waals surface area contributed by atoms with Gasteiger partial charge in [0.05, 0.1) is 18.7 Å². The number of nitrogens with zero attached hydrogens (tertiary/aromatic N) is 1. The Morgan fingerprint density at radius 2 is 2.14 bits per heavy atom. The number of hydrogen-bond donors (Lipinski definition) is 1. The molecular formula is C17H18N2O2. The number of carbonyl (C=O) groups is 1. The summed E-state index contributed by atoms with van der Waals surface area (Å²) >= 11 is 0. The average molecular weight is 282 g/mol. The van der Waals surface area contributed by atoms with Gasteiger partial charge in [-0.2, -0.15) is 0 Å². The summed E-state index contributed by atoms with van der Waals surface area (Å²) in [5.41, 5.74) is 3.34. The Labute approximate surface area is 124 Å². The van der Waals surface area contributed by atoms with Gasteiger partial charge in [0.15, 0.2) is 0 Å². The zero-order valence-electron chi connectivity index (χ0n) is 12.2. The van der Waals surface area contributed by atoms with Crippen molar-refractivity contribution in [2.24, 2.45) is 0 Å². The van der Waals surface area contributed by atoms with Crippen molar-refractivity contribution in [2.45, 2.75) is 19.4 Å². The summed E-state index contributed by atoms with van der Waals surface area (Å²) in [7, 11) is 1.72. The fourth-order valence-corrected chi connectivity index (χ4v) is 2.49. The van der Waals surface area contributed by atoms with Crippen LogP contribution in [-0.2, 0) is 4.79 Å². The fraction of sp³-hybridized carbons (Fsp3) is 0.235. The minimum absolute atomic E-state index is 0.0391. The molecule has 21 heavy (non-hydrogen) atoms. The molecule has 0 radical (unpaired) electrons. The van der Waals surface area contributed by atoms with Gasteiger partial charge in [0.2, 0.25) is 5.91 Å². The maximum atomic E-state index is 11.9. The quantitative estimate of drug-likeness (QED) is 0.920. The molecular weight excluding hydrogens is 264 g/mol. The highest BCUT2D eigenvalue weighted by Crippen LogP contribution is 2.30. The first kappa shape index (κ1) is 13.5. The molecule has 1 saturated heterocycles. The highest BCUT2D eigenvalue weighted by Gasteiger charge is 2.28. The molecule has 2 heterocycles. The highest BCUT2D eigenvalue weighted by atomic mass is 16.3. The maximum Gasteiger partial charge on any atom is 0.230 e. The molecule has 3 rings (SSSR count). The van der Waals surface area contributed by atoms with Crippen LogP contribution in [0.25, 0.3) is 11.1 Å². The highest BCUT2D eigenvalue weighted by molar-refractivity contribution is 5.79. The molecule has 4 heteroatoms. The molecule has 0 bridgehead atoms. The summed E-state index contributed by atoms with van der Waals surface area (Å²) in [6.45, 7) is 5.91. The van der Waals surface area contributed by atoms with Crippen LogP contribution in [0.1, 0.15) is 23.8 Å². The second kappa shape index (κ2) is 5.13. The first-order valence-electron chi connectivity index (χ1n) is 6.92. The minimum Gasteiger partial charge on any atom is -0.466 e. The number of aryl methyl sites for hydroxylation is 1. The van der Waals surface area contributed by atoms with E-state index in [4.69, 9.17) is 4.42 Å². The summed E-state index contributed by atoms with van der Waals surface area (Å²) in [4.78, 5) is 13.4. The van der Waals surface area contributed by atoms with Gasteiger partial charge < -0.3 is 14.6 Å². The van der Waals surface area contributed by atoms with Gasteiger partial charge in [0.1, 0.15) is 11.6 Å². The van der Waals surface area contributed by atoms with Crippen LogP contribution in [0.3, 0.4) is 0 Å². The Hall–Kier alpha value is -2.49. The van der Waals surface area contributed by atoms with Gasteiger partial charge in [-0.25, -0.2) is 0 Å². The van der Waals surface area contributed by atoms with Gasteiger partial charge in [-0.1, -0.05) is 36.4 Å². The van der Waals surface area contributed by atoms with Crippen molar-refractivity contribution >= 4 is 5.91 Å². The zero-order valence-corrected chi connectivity index (χ0v) is 12.2. The first-order chi connectivity index (χ1) is 10.0. The van der Waals surface area contributed by atoms with Crippen LogP contribution in [0.2, 0.25) is 0 Å². The van der Waals surface area contributed by atoms with Crippen LogP contribution in [-0.4, -0.2) is 17.9 Å². The number of hydrogen-bond acceptors (Lipinski definition) is 3. The lowest BCUT2D eigenvalue weighted by molar-refractivity contribution is -0.130. The number of carbonyl (C=O) groups excluding carboxylic acids is 1. The molecule has 0 aliphatic carbocycles. The van der Waals surface area contributed by atoms with E-state index < -0.39 is 0 Å².